The van der Waals surface area contributed by atoms with Crippen LogP contribution in [0, 0.1) is 0 Å². The molecule has 1 atom stereocenters. The highest BCUT2D eigenvalue weighted by Gasteiger charge is 2.24. The van der Waals surface area contributed by atoms with Crippen molar-refractivity contribution in [2.75, 3.05) is 18.1 Å². The first-order valence-corrected chi connectivity index (χ1v) is 6.80. The number of para-hydroxylation sites is 1. The summed E-state index contributed by atoms with van der Waals surface area (Å²) < 4.78 is 5.65. The minimum atomic E-state index is -0.0797. The van der Waals surface area contributed by atoms with E-state index in [0.717, 1.165) is 23.9 Å². The van der Waals surface area contributed by atoms with E-state index in [1.165, 1.54) is 5.56 Å². The average Bonchev–Trinajstić information content (AvgIpc) is 2.60. The second-order valence-corrected chi connectivity index (χ2v) is 6.08. The van der Waals surface area contributed by atoms with Gasteiger partial charge in [0.1, 0.15) is 5.75 Å². The van der Waals surface area contributed by atoms with E-state index in [1.807, 2.05) is 23.9 Å². The van der Waals surface area contributed by atoms with Crippen molar-refractivity contribution < 1.29 is 4.74 Å². The van der Waals surface area contributed by atoms with Gasteiger partial charge < -0.3 is 10.5 Å². The van der Waals surface area contributed by atoms with Crippen molar-refractivity contribution in [2.24, 2.45) is 5.73 Å². The Hall–Kier alpha value is -0.670. The quantitative estimate of drug-likeness (QED) is 0.874. The topological polar surface area (TPSA) is 35.2 Å². The SMILES string of the molecule is CC(C)(N)CSCC1COc2ccccc21. The zero-order valence-electron chi connectivity index (χ0n) is 9.90. The molecule has 0 aromatic heterocycles. The summed E-state index contributed by atoms with van der Waals surface area (Å²) in [6, 6.07) is 8.32. The standard InChI is InChI=1S/C13H19NOS/c1-13(2,14)9-16-8-10-7-15-12-6-4-3-5-11(10)12/h3-6,10H,7-9,14H2,1-2H3. The number of nitrogens with two attached hydrogens (primary N) is 1. The van der Waals surface area contributed by atoms with E-state index in [9.17, 15) is 0 Å². The van der Waals surface area contributed by atoms with Gasteiger partial charge in [-0.2, -0.15) is 11.8 Å². The average molecular weight is 237 g/mol. The first-order chi connectivity index (χ1) is 7.56. The van der Waals surface area contributed by atoms with Gasteiger partial charge in [-0.15, -0.1) is 0 Å². The van der Waals surface area contributed by atoms with Crippen molar-refractivity contribution in [3.05, 3.63) is 29.8 Å². The Morgan fingerprint density at radius 3 is 2.94 bits per heavy atom. The fourth-order valence-electron chi connectivity index (χ4n) is 1.83. The van der Waals surface area contributed by atoms with E-state index >= 15 is 0 Å². The third kappa shape index (κ3) is 2.92. The molecule has 0 saturated heterocycles. The van der Waals surface area contributed by atoms with Crippen LogP contribution in [0.15, 0.2) is 24.3 Å². The fourth-order valence-corrected chi connectivity index (χ4v) is 3.04. The number of fused-ring (bicyclic) bond motifs is 1. The van der Waals surface area contributed by atoms with Gasteiger partial charge >= 0.3 is 0 Å². The monoisotopic (exact) mass is 237 g/mol. The van der Waals surface area contributed by atoms with Crippen molar-refractivity contribution in [1.82, 2.24) is 0 Å². The molecule has 16 heavy (non-hydrogen) atoms. The van der Waals surface area contributed by atoms with E-state index in [1.54, 1.807) is 0 Å². The van der Waals surface area contributed by atoms with Crippen LogP contribution in [0.2, 0.25) is 0 Å². The Bertz CT molecular complexity index is 359. The van der Waals surface area contributed by atoms with Crippen LogP contribution in [-0.2, 0) is 0 Å². The first kappa shape index (κ1) is 11.8. The Morgan fingerprint density at radius 2 is 2.19 bits per heavy atom. The van der Waals surface area contributed by atoms with E-state index in [0.29, 0.717) is 5.92 Å². The summed E-state index contributed by atoms with van der Waals surface area (Å²) in [4.78, 5) is 0. The molecular weight excluding hydrogens is 218 g/mol. The second-order valence-electron chi connectivity index (χ2n) is 5.05. The number of benzene rings is 1. The molecule has 0 amide bonds. The van der Waals surface area contributed by atoms with Gasteiger partial charge in [-0.05, 0) is 19.9 Å². The Balaban J connectivity index is 1.89. The lowest BCUT2D eigenvalue weighted by molar-refractivity contribution is 0.338. The van der Waals surface area contributed by atoms with E-state index in [-0.39, 0.29) is 5.54 Å². The highest BCUT2D eigenvalue weighted by atomic mass is 32.2. The molecule has 0 spiro atoms. The molecule has 2 N–H and O–H groups in total. The number of ether oxygens (including phenoxy) is 1. The molecule has 1 unspecified atom stereocenters. The molecule has 1 heterocycles. The number of rotatable bonds is 4. The van der Waals surface area contributed by atoms with E-state index in [2.05, 4.69) is 26.0 Å². The number of hydrogen-bond acceptors (Lipinski definition) is 3. The molecule has 1 aromatic carbocycles. The Kier molecular flexibility index (Phi) is 3.45. The summed E-state index contributed by atoms with van der Waals surface area (Å²) in [5, 5.41) is 0. The maximum absolute atomic E-state index is 5.96. The van der Waals surface area contributed by atoms with Gasteiger partial charge in [-0.1, -0.05) is 18.2 Å². The Morgan fingerprint density at radius 1 is 1.44 bits per heavy atom. The van der Waals surface area contributed by atoms with Crippen LogP contribution in [0.3, 0.4) is 0 Å². The van der Waals surface area contributed by atoms with Crippen LogP contribution in [0.5, 0.6) is 5.75 Å². The molecule has 1 aromatic rings. The van der Waals surface area contributed by atoms with Crippen molar-refractivity contribution >= 4 is 11.8 Å². The molecule has 0 aliphatic carbocycles. The Labute approximate surface area is 102 Å². The maximum Gasteiger partial charge on any atom is 0.122 e. The fraction of sp³-hybridized carbons (Fsp3) is 0.538. The lowest BCUT2D eigenvalue weighted by atomic mass is 10.0. The molecule has 88 valence electrons. The molecule has 1 aliphatic rings. The van der Waals surface area contributed by atoms with Crippen LogP contribution in [0.25, 0.3) is 0 Å². The number of thioether (sulfide) groups is 1. The lowest BCUT2D eigenvalue weighted by Crippen LogP contribution is -2.35. The van der Waals surface area contributed by atoms with Crippen molar-refractivity contribution in [3.63, 3.8) is 0 Å². The summed E-state index contributed by atoms with van der Waals surface area (Å²) in [7, 11) is 0. The highest BCUT2D eigenvalue weighted by molar-refractivity contribution is 7.99. The second kappa shape index (κ2) is 4.68. The van der Waals surface area contributed by atoms with Crippen molar-refractivity contribution in [3.8, 4) is 5.75 Å². The summed E-state index contributed by atoms with van der Waals surface area (Å²) in [5.41, 5.74) is 7.23. The van der Waals surface area contributed by atoms with Crippen molar-refractivity contribution in [1.29, 1.82) is 0 Å². The molecule has 0 bridgehead atoms. The van der Waals surface area contributed by atoms with Crippen LogP contribution in [0.4, 0.5) is 0 Å². The molecular formula is C13H19NOS. The van der Waals surface area contributed by atoms with Gasteiger partial charge in [-0.3, -0.25) is 0 Å². The van der Waals surface area contributed by atoms with E-state index in [4.69, 9.17) is 10.5 Å². The first-order valence-electron chi connectivity index (χ1n) is 5.64. The zero-order valence-corrected chi connectivity index (χ0v) is 10.7. The largest absolute Gasteiger partial charge is 0.493 e. The normalized spacial score (nSPS) is 19.3. The minimum Gasteiger partial charge on any atom is -0.493 e. The predicted octanol–water partition coefficient (Wildman–Crippen LogP) is 2.63. The highest BCUT2D eigenvalue weighted by Crippen LogP contribution is 2.35. The van der Waals surface area contributed by atoms with Gasteiger partial charge in [0.05, 0.1) is 6.61 Å². The van der Waals surface area contributed by atoms with E-state index < -0.39 is 0 Å². The molecule has 3 heteroatoms. The summed E-state index contributed by atoms with van der Waals surface area (Å²) >= 11 is 1.92. The maximum atomic E-state index is 5.96. The lowest BCUT2D eigenvalue weighted by Gasteiger charge is -2.18. The molecule has 2 nitrogen and oxygen atoms in total. The zero-order chi connectivity index (χ0) is 11.6. The molecule has 0 saturated carbocycles. The smallest absolute Gasteiger partial charge is 0.122 e. The molecule has 2 rings (SSSR count). The van der Waals surface area contributed by atoms with Gasteiger partial charge in [0.2, 0.25) is 0 Å². The summed E-state index contributed by atoms with van der Waals surface area (Å²) in [5.74, 6) is 3.67. The molecule has 0 radical (unpaired) electrons. The van der Waals surface area contributed by atoms with Gasteiger partial charge in [0.25, 0.3) is 0 Å². The third-order valence-corrected chi connectivity index (χ3v) is 4.18. The van der Waals surface area contributed by atoms with Crippen LogP contribution in [-0.4, -0.2) is 23.7 Å². The van der Waals surface area contributed by atoms with Gasteiger partial charge in [0.15, 0.2) is 0 Å². The molecule has 0 fully saturated rings. The van der Waals surface area contributed by atoms with Gasteiger partial charge in [0, 0.05) is 28.5 Å². The van der Waals surface area contributed by atoms with Crippen LogP contribution >= 0.6 is 11.8 Å². The third-order valence-electron chi connectivity index (χ3n) is 2.59. The summed E-state index contributed by atoms with van der Waals surface area (Å²) in [6.45, 7) is 4.95. The van der Waals surface area contributed by atoms with Crippen LogP contribution < -0.4 is 10.5 Å². The number of hydrogen-bond donors (Lipinski definition) is 1. The molecule has 1 aliphatic heterocycles. The summed E-state index contributed by atoms with van der Waals surface area (Å²) in [6.07, 6.45) is 0. The van der Waals surface area contributed by atoms with Crippen molar-refractivity contribution in [2.45, 2.75) is 25.3 Å². The van der Waals surface area contributed by atoms with Gasteiger partial charge in [-0.25, -0.2) is 0 Å². The van der Waals surface area contributed by atoms with Crippen LogP contribution in [0.1, 0.15) is 25.3 Å². The predicted molar refractivity (Wildman–Crippen MR) is 70.3 cm³/mol. The minimum absolute atomic E-state index is 0.0797.